The first-order valence-corrected chi connectivity index (χ1v) is 7.25. The van der Waals surface area contributed by atoms with Gasteiger partial charge in [-0.1, -0.05) is 31.5 Å². The third-order valence-corrected chi connectivity index (χ3v) is 3.09. The highest BCUT2D eigenvalue weighted by Gasteiger charge is 2.13. The molecule has 1 aromatic rings. The molecule has 1 N–H and O–H groups in total. The molecule has 0 bridgehead atoms. The monoisotopic (exact) mass is 262 g/mol. The molecular weight excluding hydrogens is 232 g/mol. The van der Waals surface area contributed by atoms with Crippen molar-refractivity contribution in [1.29, 1.82) is 0 Å². The SMILES string of the molecule is Cc1ccc(N(C)CC(C)C)c(CNC(C)(C)C)c1. The molecule has 0 spiro atoms. The van der Waals surface area contributed by atoms with E-state index >= 15 is 0 Å². The van der Waals surface area contributed by atoms with E-state index in [0.29, 0.717) is 5.92 Å². The Morgan fingerprint density at radius 1 is 1.21 bits per heavy atom. The second-order valence-electron chi connectivity index (χ2n) is 7.01. The van der Waals surface area contributed by atoms with Crippen LogP contribution in [0.5, 0.6) is 0 Å². The molecule has 108 valence electrons. The lowest BCUT2D eigenvalue weighted by molar-refractivity contribution is 0.424. The maximum atomic E-state index is 3.59. The first-order valence-electron chi connectivity index (χ1n) is 7.25. The van der Waals surface area contributed by atoms with Crippen LogP contribution in [0.15, 0.2) is 18.2 Å². The molecule has 0 atom stereocenters. The normalized spacial score (nSPS) is 12.0. The smallest absolute Gasteiger partial charge is 0.0409 e. The fourth-order valence-corrected chi connectivity index (χ4v) is 2.23. The summed E-state index contributed by atoms with van der Waals surface area (Å²) in [5.41, 5.74) is 4.21. The van der Waals surface area contributed by atoms with Gasteiger partial charge in [-0.15, -0.1) is 0 Å². The summed E-state index contributed by atoms with van der Waals surface area (Å²) in [6.45, 7) is 15.3. The van der Waals surface area contributed by atoms with Crippen LogP contribution in [0.2, 0.25) is 0 Å². The summed E-state index contributed by atoms with van der Waals surface area (Å²) in [5, 5.41) is 3.59. The van der Waals surface area contributed by atoms with Crippen LogP contribution in [-0.2, 0) is 6.54 Å². The van der Waals surface area contributed by atoms with Gasteiger partial charge in [0.25, 0.3) is 0 Å². The third kappa shape index (κ3) is 5.65. The molecule has 0 aliphatic carbocycles. The van der Waals surface area contributed by atoms with Crippen LogP contribution in [0, 0.1) is 12.8 Å². The van der Waals surface area contributed by atoms with E-state index in [1.54, 1.807) is 0 Å². The van der Waals surface area contributed by atoms with Gasteiger partial charge in [-0.2, -0.15) is 0 Å². The van der Waals surface area contributed by atoms with Crippen molar-refractivity contribution in [2.45, 2.75) is 53.6 Å². The average molecular weight is 262 g/mol. The molecule has 0 saturated heterocycles. The van der Waals surface area contributed by atoms with Crippen molar-refractivity contribution >= 4 is 5.69 Å². The first kappa shape index (κ1) is 16.0. The van der Waals surface area contributed by atoms with E-state index in [0.717, 1.165) is 13.1 Å². The Bertz CT molecular complexity index is 402. The van der Waals surface area contributed by atoms with E-state index in [1.807, 2.05) is 0 Å². The lowest BCUT2D eigenvalue weighted by atomic mass is 10.0. The van der Waals surface area contributed by atoms with E-state index in [9.17, 15) is 0 Å². The van der Waals surface area contributed by atoms with Gasteiger partial charge in [0.1, 0.15) is 0 Å². The lowest BCUT2D eigenvalue weighted by Crippen LogP contribution is -2.35. The quantitative estimate of drug-likeness (QED) is 0.863. The molecule has 0 saturated carbocycles. The zero-order valence-corrected chi connectivity index (χ0v) is 13.7. The topological polar surface area (TPSA) is 15.3 Å². The predicted octanol–water partition coefficient (Wildman–Crippen LogP) is 3.98. The van der Waals surface area contributed by atoms with Crippen molar-refractivity contribution < 1.29 is 0 Å². The summed E-state index contributed by atoms with van der Waals surface area (Å²) in [5.74, 6) is 0.676. The van der Waals surface area contributed by atoms with Crippen LogP contribution < -0.4 is 10.2 Å². The Morgan fingerprint density at radius 2 is 1.84 bits per heavy atom. The Morgan fingerprint density at radius 3 is 2.37 bits per heavy atom. The van der Waals surface area contributed by atoms with Gasteiger partial charge in [0.2, 0.25) is 0 Å². The van der Waals surface area contributed by atoms with Gasteiger partial charge in [0, 0.05) is 31.4 Å². The Balaban J connectivity index is 2.91. The number of hydrogen-bond donors (Lipinski definition) is 1. The molecule has 0 heterocycles. The van der Waals surface area contributed by atoms with Crippen molar-refractivity contribution in [3.05, 3.63) is 29.3 Å². The Kier molecular flexibility index (Phi) is 5.42. The molecule has 0 unspecified atom stereocenters. The predicted molar refractivity (Wildman–Crippen MR) is 85.9 cm³/mol. The zero-order chi connectivity index (χ0) is 14.6. The van der Waals surface area contributed by atoms with Crippen LogP contribution in [0.4, 0.5) is 5.69 Å². The van der Waals surface area contributed by atoms with Gasteiger partial charge in [-0.05, 0) is 45.2 Å². The molecule has 2 heteroatoms. The fourth-order valence-electron chi connectivity index (χ4n) is 2.23. The van der Waals surface area contributed by atoms with E-state index in [2.05, 4.69) is 77.0 Å². The standard InChI is InChI=1S/C17H30N2/c1-13(2)12-19(7)16-9-8-14(3)10-15(16)11-18-17(4,5)6/h8-10,13,18H,11-12H2,1-7H3. The zero-order valence-electron chi connectivity index (χ0n) is 13.7. The number of anilines is 1. The van der Waals surface area contributed by atoms with Crippen LogP contribution in [0.3, 0.4) is 0 Å². The fraction of sp³-hybridized carbons (Fsp3) is 0.647. The minimum Gasteiger partial charge on any atom is -0.374 e. The molecule has 0 aliphatic heterocycles. The number of rotatable bonds is 5. The molecular formula is C17H30N2. The molecule has 1 aromatic carbocycles. The first-order chi connectivity index (χ1) is 8.69. The van der Waals surface area contributed by atoms with Gasteiger partial charge in [-0.25, -0.2) is 0 Å². The van der Waals surface area contributed by atoms with Gasteiger partial charge in [0.15, 0.2) is 0 Å². The van der Waals surface area contributed by atoms with Crippen molar-refractivity contribution in [2.24, 2.45) is 5.92 Å². The van der Waals surface area contributed by atoms with Crippen molar-refractivity contribution in [3.63, 3.8) is 0 Å². The number of benzene rings is 1. The average Bonchev–Trinajstić information content (AvgIpc) is 2.24. The van der Waals surface area contributed by atoms with E-state index in [1.165, 1.54) is 16.8 Å². The van der Waals surface area contributed by atoms with E-state index in [4.69, 9.17) is 0 Å². The molecule has 19 heavy (non-hydrogen) atoms. The van der Waals surface area contributed by atoms with Crippen molar-refractivity contribution in [3.8, 4) is 0 Å². The molecule has 0 aromatic heterocycles. The maximum absolute atomic E-state index is 3.59. The summed E-state index contributed by atoms with van der Waals surface area (Å²) >= 11 is 0. The van der Waals surface area contributed by atoms with Crippen molar-refractivity contribution in [1.82, 2.24) is 5.32 Å². The summed E-state index contributed by atoms with van der Waals surface area (Å²) in [4.78, 5) is 2.36. The molecule has 0 amide bonds. The van der Waals surface area contributed by atoms with E-state index in [-0.39, 0.29) is 5.54 Å². The van der Waals surface area contributed by atoms with E-state index < -0.39 is 0 Å². The van der Waals surface area contributed by atoms with Crippen LogP contribution in [-0.4, -0.2) is 19.1 Å². The lowest BCUT2D eigenvalue weighted by Gasteiger charge is -2.27. The summed E-state index contributed by atoms with van der Waals surface area (Å²) in [7, 11) is 2.19. The summed E-state index contributed by atoms with van der Waals surface area (Å²) < 4.78 is 0. The number of nitrogens with one attached hydrogen (secondary N) is 1. The van der Waals surface area contributed by atoms with Gasteiger partial charge in [-0.3, -0.25) is 0 Å². The van der Waals surface area contributed by atoms with Crippen molar-refractivity contribution in [2.75, 3.05) is 18.5 Å². The highest BCUT2D eigenvalue weighted by molar-refractivity contribution is 5.54. The highest BCUT2D eigenvalue weighted by atomic mass is 15.1. The minimum atomic E-state index is 0.150. The number of hydrogen-bond acceptors (Lipinski definition) is 2. The van der Waals surface area contributed by atoms with Crippen LogP contribution in [0.1, 0.15) is 45.7 Å². The molecule has 0 radical (unpaired) electrons. The Labute approximate surface area is 119 Å². The highest BCUT2D eigenvalue weighted by Crippen LogP contribution is 2.22. The van der Waals surface area contributed by atoms with Gasteiger partial charge >= 0.3 is 0 Å². The second kappa shape index (κ2) is 6.42. The Hall–Kier alpha value is -1.02. The third-order valence-electron chi connectivity index (χ3n) is 3.09. The van der Waals surface area contributed by atoms with Gasteiger partial charge in [0.05, 0.1) is 0 Å². The number of nitrogens with zero attached hydrogens (tertiary/aromatic N) is 1. The molecule has 0 aliphatic rings. The second-order valence-corrected chi connectivity index (χ2v) is 7.01. The largest absolute Gasteiger partial charge is 0.374 e. The van der Waals surface area contributed by atoms with Gasteiger partial charge < -0.3 is 10.2 Å². The summed E-state index contributed by atoms with van der Waals surface area (Å²) in [6.07, 6.45) is 0. The maximum Gasteiger partial charge on any atom is 0.0409 e. The molecule has 2 nitrogen and oxygen atoms in total. The van der Waals surface area contributed by atoms with Crippen LogP contribution >= 0.6 is 0 Å². The molecule has 0 fully saturated rings. The number of aryl methyl sites for hydroxylation is 1. The van der Waals surface area contributed by atoms with Crippen LogP contribution in [0.25, 0.3) is 0 Å². The minimum absolute atomic E-state index is 0.150. The summed E-state index contributed by atoms with van der Waals surface area (Å²) in [6, 6.07) is 6.75. The molecule has 1 rings (SSSR count).